The Morgan fingerprint density at radius 1 is 1.21 bits per heavy atom. The van der Waals surface area contributed by atoms with Gasteiger partial charge < -0.3 is 9.64 Å². The van der Waals surface area contributed by atoms with Crippen LogP contribution < -0.4 is 9.64 Å². The molecule has 2 aromatic carbocycles. The van der Waals surface area contributed by atoms with Crippen LogP contribution in [0.4, 0.5) is 5.13 Å². The second-order valence-corrected chi connectivity index (χ2v) is 8.30. The topological polar surface area (TPSA) is 62.7 Å². The van der Waals surface area contributed by atoms with Crippen LogP contribution >= 0.6 is 11.3 Å². The Morgan fingerprint density at radius 3 is 2.62 bits per heavy atom. The van der Waals surface area contributed by atoms with Crippen molar-refractivity contribution in [2.75, 3.05) is 18.1 Å². The summed E-state index contributed by atoms with van der Waals surface area (Å²) in [6.45, 7) is 4.79. The van der Waals surface area contributed by atoms with E-state index in [0.717, 1.165) is 22.4 Å². The first-order valence-corrected chi connectivity index (χ1v) is 10.5. The first-order valence-electron chi connectivity index (χ1n) is 9.73. The Labute approximate surface area is 173 Å². The van der Waals surface area contributed by atoms with Gasteiger partial charge in [0.15, 0.2) is 5.13 Å². The summed E-state index contributed by atoms with van der Waals surface area (Å²) >= 11 is 1.46. The Bertz CT molecular complexity index is 996. The quantitative estimate of drug-likeness (QED) is 0.609. The van der Waals surface area contributed by atoms with Gasteiger partial charge in [-0.1, -0.05) is 23.5 Å². The van der Waals surface area contributed by atoms with Crippen molar-refractivity contribution in [1.82, 2.24) is 9.88 Å². The zero-order valence-corrected chi connectivity index (χ0v) is 17.3. The van der Waals surface area contributed by atoms with Gasteiger partial charge in [0.1, 0.15) is 12.4 Å². The fraction of sp³-hybridized carbons (Fsp3) is 0.318. The molecule has 0 aliphatic carbocycles. The maximum absolute atomic E-state index is 13.4. The largest absolute Gasteiger partial charge is 0.491 e. The Hall–Kier alpha value is -2.93. The number of thiazole rings is 1. The van der Waals surface area contributed by atoms with Crippen molar-refractivity contribution < 1.29 is 14.3 Å². The Morgan fingerprint density at radius 2 is 1.97 bits per heavy atom. The molecule has 6 nitrogen and oxygen atoms in total. The molecular weight excluding hydrogens is 386 g/mol. The van der Waals surface area contributed by atoms with Crippen LogP contribution in [-0.2, 0) is 4.79 Å². The number of rotatable bonds is 6. The summed E-state index contributed by atoms with van der Waals surface area (Å²) in [7, 11) is 0. The number of fused-ring (bicyclic) bond motifs is 1. The lowest BCUT2D eigenvalue weighted by molar-refractivity contribution is -0.127. The molecule has 3 aromatic rings. The number of nitrogens with zero attached hydrogens (tertiary/aromatic N) is 3. The number of benzene rings is 2. The number of ether oxygens (including phenoxy) is 1. The lowest BCUT2D eigenvalue weighted by Crippen LogP contribution is -2.42. The summed E-state index contributed by atoms with van der Waals surface area (Å²) in [4.78, 5) is 33.5. The van der Waals surface area contributed by atoms with E-state index in [2.05, 4.69) is 4.98 Å². The molecule has 2 amide bonds. The molecule has 1 aliphatic rings. The van der Waals surface area contributed by atoms with Crippen molar-refractivity contribution in [1.29, 1.82) is 0 Å². The predicted octanol–water partition coefficient (Wildman–Crippen LogP) is 4.31. The van der Waals surface area contributed by atoms with Gasteiger partial charge in [0.05, 0.1) is 16.3 Å². The summed E-state index contributed by atoms with van der Waals surface area (Å²) < 4.78 is 6.68. The average Bonchev–Trinajstić information content (AvgIpc) is 3.31. The van der Waals surface area contributed by atoms with Crippen LogP contribution in [0.3, 0.4) is 0 Å². The number of hydrogen-bond acceptors (Lipinski definition) is 5. The highest BCUT2D eigenvalue weighted by atomic mass is 32.1. The van der Waals surface area contributed by atoms with E-state index < -0.39 is 0 Å². The van der Waals surface area contributed by atoms with Gasteiger partial charge in [0.25, 0.3) is 5.91 Å². The van der Waals surface area contributed by atoms with E-state index in [1.54, 1.807) is 34.1 Å². The van der Waals surface area contributed by atoms with E-state index in [1.807, 2.05) is 38.1 Å². The third kappa shape index (κ3) is 4.24. The third-order valence-corrected chi connectivity index (χ3v) is 5.77. The van der Waals surface area contributed by atoms with Gasteiger partial charge in [-0.05, 0) is 56.7 Å². The Balaban J connectivity index is 1.65. The second kappa shape index (κ2) is 8.21. The molecule has 0 saturated carbocycles. The Kier molecular flexibility index (Phi) is 5.49. The molecule has 0 bridgehead atoms. The summed E-state index contributed by atoms with van der Waals surface area (Å²) in [5, 5.41) is 0.596. The molecular formula is C22H23N3O3S. The normalized spacial score (nSPS) is 14.0. The first kappa shape index (κ1) is 19.4. The van der Waals surface area contributed by atoms with Crippen molar-refractivity contribution in [2.24, 2.45) is 0 Å². The van der Waals surface area contributed by atoms with Crippen LogP contribution in [0.2, 0.25) is 0 Å². The van der Waals surface area contributed by atoms with Crippen LogP contribution in [0.5, 0.6) is 5.75 Å². The number of para-hydroxylation sites is 1. The number of anilines is 1. The zero-order chi connectivity index (χ0) is 20.4. The minimum atomic E-state index is -0.181. The summed E-state index contributed by atoms with van der Waals surface area (Å²) in [5.74, 6) is 0.613. The first-order chi connectivity index (χ1) is 14.0. The van der Waals surface area contributed by atoms with Crippen LogP contribution in [0.25, 0.3) is 10.2 Å². The molecule has 2 heterocycles. The van der Waals surface area contributed by atoms with Gasteiger partial charge in [-0.2, -0.15) is 0 Å². The SMILES string of the molecule is CC(C)Oc1ccc(C(=O)N(CN2CCCC2=O)c2nc3ccccc3s2)cc1. The number of aromatic nitrogens is 1. The van der Waals surface area contributed by atoms with E-state index in [0.29, 0.717) is 23.7 Å². The maximum atomic E-state index is 13.4. The number of hydrogen-bond donors (Lipinski definition) is 0. The molecule has 1 fully saturated rings. The van der Waals surface area contributed by atoms with Gasteiger partial charge in [0.2, 0.25) is 5.91 Å². The van der Waals surface area contributed by atoms with Crippen molar-refractivity contribution >= 4 is 38.5 Å². The van der Waals surface area contributed by atoms with Crippen LogP contribution in [0, 0.1) is 0 Å². The molecule has 1 aromatic heterocycles. The molecule has 0 atom stereocenters. The molecule has 4 rings (SSSR count). The van der Waals surface area contributed by atoms with Crippen LogP contribution in [0.15, 0.2) is 48.5 Å². The van der Waals surface area contributed by atoms with Crippen molar-refractivity contribution in [3.8, 4) is 5.75 Å². The molecule has 150 valence electrons. The van der Waals surface area contributed by atoms with E-state index in [-0.39, 0.29) is 24.6 Å². The summed E-state index contributed by atoms with van der Waals surface area (Å²) in [6, 6.07) is 14.9. The molecule has 1 aliphatic heterocycles. The molecule has 0 N–H and O–H groups in total. The monoisotopic (exact) mass is 409 g/mol. The van der Waals surface area contributed by atoms with Crippen molar-refractivity contribution in [2.45, 2.75) is 32.8 Å². The molecule has 0 unspecified atom stereocenters. The number of likely N-dealkylation sites (tertiary alicyclic amines) is 1. The molecule has 7 heteroatoms. The standard InChI is InChI=1S/C22H23N3O3S/c1-15(2)28-17-11-9-16(10-12-17)21(27)25(14-24-13-5-8-20(24)26)22-23-18-6-3-4-7-19(18)29-22/h3-4,6-7,9-12,15H,5,8,13-14H2,1-2H3. The highest BCUT2D eigenvalue weighted by Crippen LogP contribution is 2.30. The molecule has 0 radical (unpaired) electrons. The highest BCUT2D eigenvalue weighted by molar-refractivity contribution is 7.22. The van der Waals surface area contributed by atoms with Gasteiger partial charge >= 0.3 is 0 Å². The lowest BCUT2D eigenvalue weighted by Gasteiger charge is -2.26. The van der Waals surface area contributed by atoms with Crippen molar-refractivity contribution in [3.63, 3.8) is 0 Å². The molecule has 1 saturated heterocycles. The number of amides is 2. The maximum Gasteiger partial charge on any atom is 0.261 e. The van der Waals surface area contributed by atoms with Gasteiger partial charge in [-0.25, -0.2) is 4.98 Å². The van der Waals surface area contributed by atoms with Gasteiger partial charge in [-0.15, -0.1) is 0 Å². The molecule has 29 heavy (non-hydrogen) atoms. The van der Waals surface area contributed by atoms with Crippen LogP contribution in [0.1, 0.15) is 37.0 Å². The van der Waals surface area contributed by atoms with Gasteiger partial charge in [0, 0.05) is 18.5 Å². The number of carbonyl (C=O) groups is 2. The predicted molar refractivity (Wildman–Crippen MR) is 114 cm³/mol. The average molecular weight is 410 g/mol. The molecule has 0 spiro atoms. The summed E-state index contributed by atoms with van der Waals surface area (Å²) in [5.41, 5.74) is 1.38. The lowest BCUT2D eigenvalue weighted by atomic mass is 10.2. The summed E-state index contributed by atoms with van der Waals surface area (Å²) in [6.07, 6.45) is 1.42. The van der Waals surface area contributed by atoms with E-state index in [1.165, 1.54) is 11.3 Å². The fourth-order valence-corrected chi connectivity index (χ4v) is 4.27. The van der Waals surface area contributed by atoms with Crippen molar-refractivity contribution in [3.05, 3.63) is 54.1 Å². The smallest absolute Gasteiger partial charge is 0.261 e. The van der Waals surface area contributed by atoms with Crippen LogP contribution in [-0.4, -0.2) is 41.0 Å². The minimum Gasteiger partial charge on any atom is -0.491 e. The minimum absolute atomic E-state index is 0.0666. The number of carbonyl (C=O) groups excluding carboxylic acids is 2. The third-order valence-electron chi connectivity index (χ3n) is 4.72. The second-order valence-electron chi connectivity index (χ2n) is 7.29. The van der Waals surface area contributed by atoms with E-state index in [4.69, 9.17) is 4.74 Å². The highest BCUT2D eigenvalue weighted by Gasteiger charge is 2.28. The fourth-order valence-electron chi connectivity index (χ4n) is 3.32. The van der Waals surface area contributed by atoms with E-state index >= 15 is 0 Å². The zero-order valence-electron chi connectivity index (χ0n) is 16.5. The van der Waals surface area contributed by atoms with Gasteiger partial charge in [-0.3, -0.25) is 14.5 Å². The van der Waals surface area contributed by atoms with E-state index in [9.17, 15) is 9.59 Å².